The molecule has 0 saturated carbocycles. The lowest BCUT2D eigenvalue weighted by molar-refractivity contribution is 0.0817. The summed E-state index contributed by atoms with van der Waals surface area (Å²) >= 11 is 0. The number of pyridine rings is 1. The molecule has 6 heteroatoms. The van der Waals surface area contributed by atoms with Gasteiger partial charge in [0.15, 0.2) is 11.6 Å². The molecule has 0 saturated heterocycles. The predicted molar refractivity (Wildman–Crippen MR) is 74.6 cm³/mol. The number of halogens is 1. The van der Waals surface area contributed by atoms with Gasteiger partial charge in [0, 0.05) is 13.2 Å². The highest BCUT2D eigenvalue weighted by molar-refractivity contribution is 6.15. The smallest absolute Gasteiger partial charge is 0.191 e. The highest BCUT2D eigenvalue weighted by atomic mass is 19.1. The molecule has 0 amide bonds. The van der Waals surface area contributed by atoms with Crippen molar-refractivity contribution < 1.29 is 14.0 Å². The summed E-state index contributed by atoms with van der Waals surface area (Å²) in [6.07, 6.45) is 3.19. The second-order valence-electron chi connectivity index (χ2n) is 4.83. The molecule has 2 heterocycles. The van der Waals surface area contributed by atoms with Crippen molar-refractivity contribution in [3.8, 4) is 0 Å². The lowest BCUT2D eigenvalue weighted by Crippen LogP contribution is -2.23. The Hall–Kier alpha value is -2.37. The van der Waals surface area contributed by atoms with Gasteiger partial charge in [0.05, 0.1) is 23.4 Å². The summed E-state index contributed by atoms with van der Waals surface area (Å²) in [4.78, 5) is 28.4. The molecule has 2 aromatic rings. The van der Waals surface area contributed by atoms with Crippen LogP contribution in [0.4, 0.5) is 4.39 Å². The molecule has 1 unspecified atom stereocenters. The first-order valence-corrected chi connectivity index (χ1v) is 6.66. The monoisotopic (exact) mass is 289 g/mol. The van der Waals surface area contributed by atoms with Crippen LogP contribution in [0.5, 0.6) is 0 Å². The molecule has 0 aliphatic carbocycles. The van der Waals surface area contributed by atoms with E-state index in [1.54, 1.807) is 17.9 Å². The molecule has 0 bridgehead atoms. The van der Waals surface area contributed by atoms with Gasteiger partial charge in [0.1, 0.15) is 11.5 Å². The quantitative estimate of drug-likeness (QED) is 0.625. The Morgan fingerprint density at radius 3 is 2.62 bits per heavy atom. The summed E-state index contributed by atoms with van der Waals surface area (Å²) in [5, 5.41) is 4.20. The summed E-state index contributed by atoms with van der Waals surface area (Å²) in [6.45, 7) is 3.43. The van der Waals surface area contributed by atoms with Gasteiger partial charge in [0.25, 0.3) is 0 Å². The van der Waals surface area contributed by atoms with Gasteiger partial charge in [-0.05, 0) is 25.5 Å². The number of rotatable bonds is 5. The van der Waals surface area contributed by atoms with Gasteiger partial charge >= 0.3 is 0 Å². The third-order valence-electron chi connectivity index (χ3n) is 3.27. The molecule has 110 valence electrons. The van der Waals surface area contributed by atoms with Crippen LogP contribution in [0.1, 0.15) is 40.4 Å². The SMILES string of the molecule is CCc1nn(C)cc1C(=O)C(C)C(=O)c1ccc(F)cn1. The Bertz CT molecular complexity index is 677. The number of ketones is 2. The lowest BCUT2D eigenvalue weighted by Gasteiger charge is -2.08. The summed E-state index contributed by atoms with van der Waals surface area (Å²) in [7, 11) is 1.73. The average molecular weight is 289 g/mol. The molecular formula is C15H16FN3O2. The maximum Gasteiger partial charge on any atom is 0.191 e. The standard InChI is InChI=1S/C15H16FN3O2/c1-4-12-11(8-19(3)18-12)14(20)9(2)15(21)13-6-5-10(16)7-17-13/h5-9H,4H2,1-3H3. The number of hydrogen-bond donors (Lipinski definition) is 0. The van der Waals surface area contributed by atoms with Crippen molar-refractivity contribution in [3.05, 3.63) is 47.3 Å². The van der Waals surface area contributed by atoms with Crippen LogP contribution in [-0.4, -0.2) is 26.3 Å². The molecule has 0 spiro atoms. The molecule has 0 aliphatic rings. The maximum absolute atomic E-state index is 12.8. The van der Waals surface area contributed by atoms with E-state index < -0.39 is 17.5 Å². The fourth-order valence-corrected chi connectivity index (χ4v) is 2.10. The molecule has 0 aliphatic heterocycles. The van der Waals surface area contributed by atoms with Crippen molar-refractivity contribution in [2.45, 2.75) is 20.3 Å². The highest BCUT2D eigenvalue weighted by Crippen LogP contribution is 2.17. The molecule has 0 N–H and O–H groups in total. The number of aryl methyl sites for hydroxylation is 2. The molecule has 2 rings (SSSR count). The number of carbonyl (C=O) groups is 2. The average Bonchev–Trinajstić information content (AvgIpc) is 2.86. The van der Waals surface area contributed by atoms with Crippen LogP contribution < -0.4 is 0 Å². The van der Waals surface area contributed by atoms with Crippen LogP contribution in [0.15, 0.2) is 24.5 Å². The van der Waals surface area contributed by atoms with Crippen molar-refractivity contribution in [1.29, 1.82) is 0 Å². The van der Waals surface area contributed by atoms with E-state index >= 15 is 0 Å². The zero-order chi connectivity index (χ0) is 15.6. The van der Waals surface area contributed by atoms with Crippen LogP contribution in [0.25, 0.3) is 0 Å². The number of hydrogen-bond acceptors (Lipinski definition) is 4. The van der Waals surface area contributed by atoms with Crippen LogP contribution in [0.3, 0.4) is 0 Å². The van der Waals surface area contributed by atoms with E-state index in [4.69, 9.17) is 0 Å². The molecule has 5 nitrogen and oxygen atoms in total. The number of nitrogens with zero attached hydrogens (tertiary/aromatic N) is 3. The molecule has 0 radical (unpaired) electrons. The molecule has 2 aromatic heterocycles. The highest BCUT2D eigenvalue weighted by Gasteiger charge is 2.27. The first-order chi connectivity index (χ1) is 9.93. The van der Waals surface area contributed by atoms with Gasteiger partial charge in [-0.2, -0.15) is 5.10 Å². The van der Waals surface area contributed by atoms with Gasteiger partial charge in [0.2, 0.25) is 0 Å². The summed E-state index contributed by atoms with van der Waals surface area (Å²) in [6, 6.07) is 2.43. The van der Waals surface area contributed by atoms with Crippen molar-refractivity contribution in [1.82, 2.24) is 14.8 Å². The Morgan fingerprint density at radius 1 is 1.33 bits per heavy atom. The summed E-state index contributed by atoms with van der Waals surface area (Å²) in [5.74, 6) is -2.12. The van der Waals surface area contributed by atoms with E-state index in [2.05, 4.69) is 10.1 Å². The van der Waals surface area contributed by atoms with Crippen LogP contribution in [0.2, 0.25) is 0 Å². The van der Waals surface area contributed by atoms with Crippen molar-refractivity contribution in [2.75, 3.05) is 0 Å². The Labute approximate surface area is 121 Å². The van der Waals surface area contributed by atoms with Crippen LogP contribution in [0, 0.1) is 11.7 Å². The summed E-state index contributed by atoms with van der Waals surface area (Å²) in [5.41, 5.74) is 1.19. The Balaban J connectivity index is 2.26. The van der Waals surface area contributed by atoms with Gasteiger partial charge in [-0.15, -0.1) is 0 Å². The fraction of sp³-hybridized carbons (Fsp3) is 0.333. The Kier molecular flexibility index (Phi) is 4.26. The zero-order valence-electron chi connectivity index (χ0n) is 12.1. The zero-order valence-corrected chi connectivity index (χ0v) is 12.1. The fourth-order valence-electron chi connectivity index (χ4n) is 2.10. The van der Waals surface area contributed by atoms with Gasteiger partial charge < -0.3 is 0 Å². The van der Waals surface area contributed by atoms with Gasteiger partial charge in [-0.1, -0.05) is 6.92 Å². The van der Waals surface area contributed by atoms with E-state index in [1.165, 1.54) is 13.0 Å². The lowest BCUT2D eigenvalue weighted by atomic mass is 9.93. The van der Waals surface area contributed by atoms with Crippen molar-refractivity contribution in [3.63, 3.8) is 0 Å². The largest absolute Gasteiger partial charge is 0.293 e. The normalized spacial score (nSPS) is 12.2. The minimum atomic E-state index is -0.877. The molecular weight excluding hydrogens is 273 g/mol. The first kappa shape index (κ1) is 15.0. The Morgan fingerprint density at radius 2 is 2.05 bits per heavy atom. The molecule has 0 fully saturated rings. The van der Waals surface area contributed by atoms with Crippen LogP contribution >= 0.6 is 0 Å². The van der Waals surface area contributed by atoms with E-state index in [0.29, 0.717) is 17.7 Å². The third kappa shape index (κ3) is 3.04. The number of carbonyl (C=O) groups excluding carboxylic acids is 2. The van der Waals surface area contributed by atoms with Crippen molar-refractivity contribution >= 4 is 11.6 Å². The van der Waals surface area contributed by atoms with E-state index in [9.17, 15) is 14.0 Å². The predicted octanol–water partition coefficient (Wildman–Crippen LogP) is 2.22. The minimum absolute atomic E-state index is 0.0826. The number of Topliss-reactive ketones (excluding diaryl/α,β-unsaturated/α-hetero) is 2. The van der Waals surface area contributed by atoms with Crippen molar-refractivity contribution in [2.24, 2.45) is 13.0 Å². The van der Waals surface area contributed by atoms with E-state index in [0.717, 1.165) is 12.3 Å². The third-order valence-corrected chi connectivity index (χ3v) is 3.27. The number of aromatic nitrogens is 3. The first-order valence-electron chi connectivity index (χ1n) is 6.66. The topological polar surface area (TPSA) is 64.8 Å². The molecule has 21 heavy (non-hydrogen) atoms. The minimum Gasteiger partial charge on any atom is -0.293 e. The molecule has 1 atom stereocenters. The van der Waals surface area contributed by atoms with Gasteiger partial charge in [-0.25, -0.2) is 4.39 Å². The van der Waals surface area contributed by atoms with E-state index in [1.807, 2.05) is 6.92 Å². The maximum atomic E-state index is 12.8. The van der Waals surface area contributed by atoms with Gasteiger partial charge in [-0.3, -0.25) is 19.3 Å². The van der Waals surface area contributed by atoms with E-state index in [-0.39, 0.29) is 11.5 Å². The van der Waals surface area contributed by atoms with Crippen LogP contribution in [-0.2, 0) is 13.5 Å². The summed E-state index contributed by atoms with van der Waals surface area (Å²) < 4.78 is 14.4. The second-order valence-corrected chi connectivity index (χ2v) is 4.83. The molecule has 0 aromatic carbocycles. The second kappa shape index (κ2) is 5.95.